The summed E-state index contributed by atoms with van der Waals surface area (Å²) in [5.41, 5.74) is 1.93. The molecule has 0 saturated heterocycles. The molecule has 0 saturated carbocycles. The van der Waals surface area contributed by atoms with Gasteiger partial charge in [0, 0.05) is 12.4 Å². The van der Waals surface area contributed by atoms with E-state index in [1.807, 2.05) is 30.6 Å². The highest BCUT2D eigenvalue weighted by molar-refractivity contribution is 5.39. The molecule has 0 spiro atoms. The quantitative estimate of drug-likeness (QED) is 0.591. The molecule has 0 fully saturated rings. The average molecular weight is 320 g/mol. The summed E-state index contributed by atoms with van der Waals surface area (Å²) in [4.78, 5) is 4.44. The van der Waals surface area contributed by atoms with Crippen LogP contribution in [0, 0.1) is 0 Å². The highest BCUT2D eigenvalue weighted by atomic mass is 16.9. The molecule has 2 aromatic rings. The van der Waals surface area contributed by atoms with Crippen LogP contribution in [0.25, 0.3) is 5.65 Å². The number of pyridine rings is 1. The summed E-state index contributed by atoms with van der Waals surface area (Å²) in [6.07, 6.45) is 7.13. The maximum atomic E-state index is 6.02. The Morgan fingerprint density at radius 1 is 0.957 bits per heavy atom. The first kappa shape index (κ1) is 17.9. The molecule has 23 heavy (non-hydrogen) atoms. The normalized spacial score (nSPS) is 12.1. The van der Waals surface area contributed by atoms with E-state index in [1.165, 1.54) is 0 Å². The second-order valence-electron chi connectivity index (χ2n) is 5.58. The molecule has 2 rings (SSSR count). The monoisotopic (exact) mass is 320 g/mol. The Hall–Kier alpha value is -1.43. The van der Waals surface area contributed by atoms with Gasteiger partial charge in [-0.2, -0.15) is 0 Å². The predicted molar refractivity (Wildman–Crippen MR) is 90.4 cm³/mol. The number of aromatic nitrogens is 2. The number of ether oxygens (including phenoxy) is 3. The first-order valence-corrected chi connectivity index (χ1v) is 8.57. The van der Waals surface area contributed by atoms with E-state index >= 15 is 0 Å². The van der Waals surface area contributed by atoms with Gasteiger partial charge in [0.1, 0.15) is 5.65 Å². The van der Waals surface area contributed by atoms with Crippen molar-refractivity contribution in [2.45, 2.75) is 52.4 Å². The van der Waals surface area contributed by atoms with Gasteiger partial charge in [0.15, 0.2) is 0 Å². The lowest BCUT2D eigenvalue weighted by atomic mass is 10.2. The van der Waals surface area contributed by atoms with E-state index in [-0.39, 0.29) is 0 Å². The standard InChI is InChI=1S/C18H28N2O3/c1-4-11-21-18(22-12-5-2,23-13-6-3)14-16-15-19-17-9-7-8-10-20(16)17/h7-10,15H,4-6,11-14H2,1-3H3. The summed E-state index contributed by atoms with van der Waals surface area (Å²) in [5, 5.41) is 0. The van der Waals surface area contributed by atoms with Crippen molar-refractivity contribution in [2.75, 3.05) is 19.8 Å². The minimum atomic E-state index is -1.03. The van der Waals surface area contributed by atoms with Crippen molar-refractivity contribution in [3.05, 3.63) is 36.3 Å². The van der Waals surface area contributed by atoms with E-state index in [9.17, 15) is 0 Å². The molecule has 0 aliphatic rings. The van der Waals surface area contributed by atoms with Gasteiger partial charge in [0.2, 0.25) is 0 Å². The third-order valence-electron chi connectivity index (χ3n) is 3.47. The maximum absolute atomic E-state index is 6.02. The summed E-state index contributed by atoms with van der Waals surface area (Å²) in [5.74, 6) is -1.03. The van der Waals surface area contributed by atoms with E-state index in [2.05, 4.69) is 30.2 Å². The van der Waals surface area contributed by atoms with Crippen LogP contribution in [0.5, 0.6) is 0 Å². The fourth-order valence-electron chi connectivity index (χ4n) is 2.39. The fourth-order valence-corrected chi connectivity index (χ4v) is 2.39. The first-order valence-electron chi connectivity index (χ1n) is 8.57. The van der Waals surface area contributed by atoms with Gasteiger partial charge in [0.05, 0.1) is 31.9 Å². The van der Waals surface area contributed by atoms with Gasteiger partial charge in [-0.3, -0.25) is 0 Å². The van der Waals surface area contributed by atoms with Crippen LogP contribution in [0.3, 0.4) is 0 Å². The Kier molecular flexibility index (Phi) is 7.02. The van der Waals surface area contributed by atoms with Gasteiger partial charge < -0.3 is 18.6 Å². The number of rotatable bonds is 11. The largest absolute Gasteiger partial charge is 0.327 e. The number of hydrogen-bond acceptors (Lipinski definition) is 4. The van der Waals surface area contributed by atoms with Crippen LogP contribution in [-0.2, 0) is 20.6 Å². The third-order valence-corrected chi connectivity index (χ3v) is 3.47. The Balaban J connectivity index is 2.25. The van der Waals surface area contributed by atoms with Gasteiger partial charge in [-0.15, -0.1) is 0 Å². The van der Waals surface area contributed by atoms with Crippen LogP contribution in [-0.4, -0.2) is 35.2 Å². The number of hydrogen-bond donors (Lipinski definition) is 0. The van der Waals surface area contributed by atoms with Crippen LogP contribution < -0.4 is 0 Å². The van der Waals surface area contributed by atoms with Crippen LogP contribution in [0.15, 0.2) is 30.6 Å². The zero-order valence-corrected chi connectivity index (χ0v) is 14.5. The first-order chi connectivity index (χ1) is 11.2. The second-order valence-corrected chi connectivity index (χ2v) is 5.58. The minimum absolute atomic E-state index is 0.512. The average Bonchev–Trinajstić information content (AvgIpc) is 2.99. The van der Waals surface area contributed by atoms with Crippen molar-refractivity contribution in [3.8, 4) is 0 Å². The molecule has 128 valence electrons. The van der Waals surface area contributed by atoms with Crippen LogP contribution in [0.4, 0.5) is 0 Å². The van der Waals surface area contributed by atoms with Crippen molar-refractivity contribution in [2.24, 2.45) is 0 Å². The topological polar surface area (TPSA) is 45.0 Å². The molecule has 2 aromatic heterocycles. The lowest BCUT2D eigenvalue weighted by Crippen LogP contribution is -2.42. The van der Waals surface area contributed by atoms with E-state index < -0.39 is 5.97 Å². The summed E-state index contributed by atoms with van der Waals surface area (Å²) in [6, 6.07) is 5.96. The van der Waals surface area contributed by atoms with Crippen molar-refractivity contribution in [3.63, 3.8) is 0 Å². The van der Waals surface area contributed by atoms with Crippen molar-refractivity contribution in [1.82, 2.24) is 9.38 Å². The molecular formula is C18H28N2O3. The number of nitrogens with zero attached hydrogens (tertiary/aromatic N) is 2. The molecule has 5 nitrogen and oxygen atoms in total. The molecule has 2 heterocycles. The lowest BCUT2D eigenvalue weighted by molar-refractivity contribution is -0.380. The number of fused-ring (bicyclic) bond motifs is 1. The van der Waals surface area contributed by atoms with Crippen molar-refractivity contribution >= 4 is 5.65 Å². The predicted octanol–water partition coefficient (Wildman–Crippen LogP) is 3.81. The maximum Gasteiger partial charge on any atom is 0.288 e. The molecule has 0 aliphatic carbocycles. The minimum Gasteiger partial charge on any atom is -0.327 e. The van der Waals surface area contributed by atoms with E-state index in [0.717, 1.165) is 30.6 Å². The summed E-state index contributed by atoms with van der Waals surface area (Å²) in [6.45, 7) is 8.05. The van der Waals surface area contributed by atoms with Gasteiger partial charge in [-0.1, -0.05) is 26.8 Å². The lowest BCUT2D eigenvalue weighted by Gasteiger charge is -2.33. The van der Waals surface area contributed by atoms with Crippen molar-refractivity contribution < 1.29 is 14.2 Å². The molecule has 0 bridgehead atoms. The summed E-state index contributed by atoms with van der Waals surface area (Å²) < 4.78 is 20.1. The molecule has 0 radical (unpaired) electrons. The van der Waals surface area contributed by atoms with Gasteiger partial charge >= 0.3 is 0 Å². The zero-order chi connectivity index (χ0) is 16.5. The highest BCUT2D eigenvalue weighted by Crippen LogP contribution is 2.23. The molecule has 5 heteroatoms. The second kappa shape index (κ2) is 9.01. The fraction of sp³-hybridized carbons (Fsp3) is 0.611. The SMILES string of the molecule is CCCOC(Cc1cnc2ccccn12)(OCCC)OCCC. The van der Waals surface area contributed by atoms with E-state index in [0.29, 0.717) is 26.2 Å². The third kappa shape index (κ3) is 4.77. The molecule has 0 aromatic carbocycles. The van der Waals surface area contributed by atoms with Crippen LogP contribution >= 0.6 is 0 Å². The van der Waals surface area contributed by atoms with E-state index in [4.69, 9.17) is 14.2 Å². The summed E-state index contributed by atoms with van der Waals surface area (Å²) in [7, 11) is 0. The van der Waals surface area contributed by atoms with Gasteiger partial charge in [0.25, 0.3) is 5.97 Å². The van der Waals surface area contributed by atoms with Gasteiger partial charge in [-0.25, -0.2) is 4.98 Å². The van der Waals surface area contributed by atoms with E-state index in [1.54, 1.807) is 0 Å². The van der Waals surface area contributed by atoms with Crippen LogP contribution in [0.1, 0.15) is 45.7 Å². The Morgan fingerprint density at radius 3 is 2.13 bits per heavy atom. The molecular weight excluding hydrogens is 292 g/mol. The van der Waals surface area contributed by atoms with Gasteiger partial charge in [-0.05, 0) is 31.4 Å². The summed E-state index contributed by atoms with van der Waals surface area (Å²) >= 11 is 0. The smallest absolute Gasteiger partial charge is 0.288 e. The Labute approximate surface area is 138 Å². The highest BCUT2D eigenvalue weighted by Gasteiger charge is 2.35. The van der Waals surface area contributed by atoms with Crippen molar-refractivity contribution in [1.29, 1.82) is 0 Å². The Bertz CT molecular complexity index is 561. The molecule has 0 amide bonds. The Morgan fingerprint density at radius 2 is 1.57 bits per heavy atom. The number of imidazole rings is 1. The molecule has 0 unspecified atom stereocenters. The zero-order valence-electron chi connectivity index (χ0n) is 14.5. The van der Waals surface area contributed by atoms with Crippen LogP contribution in [0.2, 0.25) is 0 Å². The molecule has 0 atom stereocenters. The molecule has 0 N–H and O–H groups in total. The molecule has 0 aliphatic heterocycles.